The molecule has 0 bridgehead atoms. The van der Waals surface area contributed by atoms with Crippen molar-refractivity contribution in [2.45, 2.75) is 43.4 Å². The van der Waals surface area contributed by atoms with Crippen LogP contribution in [0.25, 0.3) is 11.1 Å². The van der Waals surface area contributed by atoms with Crippen LogP contribution in [0, 0.1) is 5.92 Å². The maximum Gasteiger partial charge on any atom is 0.407 e. The number of hydrogen-bond donors (Lipinski definition) is 2. The molecule has 2 aromatic rings. The molecule has 2 atom stereocenters. The second kappa shape index (κ2) is 7.95. The van der Waals surface area contributed by atoms with Gasteiger partial charge in [0.2, 0.25) is 0 Å². The number of rotatable bonds is 4. The molecular formula is C23H24F3NO3. The van der Waals surface area contributed by atoms with Gasteiger partial charge in [-0.25, -0.2) is 4.79 Å². The summed E-state index contributed by atoms with van der Waals surface area (Å²) < 4.78 is 44.4. The van der Waals surface area contributed by atoms with Gasteiger partial charge in [0.05, 0.1) is 11.5 Å². The predicted molar refractivity (Wildman–Crippen MR) is 106 cm³/mol. The largest absolute Gasteiger partial charge is 0.449 e. The first-order chi connectivity index (χ1) is 14.3. The Morgan fingerprint density at radius 2 is 1.70 bits per heavy atom. The molecule has 30 heavy (non-hydrogen) atoms. The fourth-order valence-electron chi connectivity index (χ4n) is 4.67. The zero-order chi connectivity index (χ0) is 21.4. The van der Waals surface area contributed by atoms with E-state index in [9.17, 15) is 23.1 Å². The Kier molecular flexibility index (Phi) is 5.49. The SMILES string of the molecule is O=C(NCC1(O)CCCC(C(F)(F)F)C1)OCC1c2ccccc2-c2ccccc21. The molecule has 4 rings (SSSR count). The van der Waals surface area contributed by atoms with Crippen LogP contribution in [0.3, 0.4) is 0 Å². The normalized spacial score (nSPS) is 23.5. The minimum atomic E-state index is -4.34. The highest BCUT2D eigenvalue weighted by Gasteiger charge is 2.47. The van der Waals surface area contributed by atoms with Gasteiger partial charge in [-0.05, 0) is 47.9 Å². The highest BCUT2D eigenvalue weighted by Crippen LogP contribution is 2.44. The zero-order valence-electron chi connectivity index (χ0n) is 16.4. The van der Waals surface area contributed by atoms with Crippen molar-refractivity contribution >= 4 is 6.09 Å². The minimum absolute atomic E-state index is 0.0107. The Bertz CT molecular complexity index is 884. The predicted octanol–water partition coefficient (Wildman–Crippen LogP) is 5.01. The summed E-state index contributed by atoms with van der Waals surface area (Å²) in [6.07, 6.45) is -4.97. The Hall–Kier alpha value is -2.54. The number of halogens is 3. The molecule has 0 aliphatic heterocycles. The lowest BCUT2D eigenvalue weighted by atomic mass is 9.77. The molecule has 1 amide bonds. The number of alkyl halides is 3. The Morgan fingerprint density at radius 1 is 1.10 bits per heavy atom. The number of carbonyl (C=O) groups is 1. The average Bonchev–Trinajstić information content (AvgIpc) is 3.04. The molecule has 160 valence electrons. The lowest BCUT2D eigenvalue weighted by Gasteiger charge is -2.37. The summed E-state index contributed by atoms with van der Waals surface area (Å²) in [5.41, 5.74) is 2.80. The number of alkyl carbamates (subject to hydrolysis) is 1. The number of amides is 1. The quantitative estimate of drug-likeness (QED) is 0.733. The van der Waals surface area contributed by atoms with Crippen molar-refractivity contribution in [3.05, 3.63) is 59.7 Å². The van der Waals surface area contributed by atoms with Crippen molar-refractivity contribution in [1.29, 1.82) is 0 Å². The number of aliphatic hydroxyl groups is 1. The summed E-state index contributed by atoms with van der Waals surface area (Å²) >= 11 is 0. The van der Waals surface area contributed by atoms with Gasteiger partial charge in [0.25, 0.3) is 0 Å². The van der Waals surface area contributed by atoms with Gasteiger partial charge in [0.1, 0.15) is 6.61 Å². The smallest absolute Gasteiger partial charge is 0.407 e. The van der Waals surface area contributed by atoms with Crippen LogP contribution < -0.4 is 5.32 Å². The molecule has 0 saturated heterocycles. The van der Waals surface area contributed by atoms with E-state index in [0.29, 0.717) is 0 Å². The molecule has 2 unspecified atom stereocenters. The molecule has 1 fully saturated rings. The molecule has 2 N–H and O–H groups in total. The van der Waals surface area contributed by atoms with Gasteiger partial charge < -0.3 is 15.2 Å². The van der Waals surface area contributed by atoms with Crippen molar-refractivity contribution in [2.75, 3.05) is 13.2 Å². The van der Waals surface area contributed by atoms with Crippen LogP contribution in [0.4, 0.5) is 18.0 Å². The van der Waals surface area contributed by atoms with E-state index in [4.69, 9.17) is 4.74 Å². The van der Waals surface area contributed by atoms with Crippen LogP contribution in [0.15, 0.2) is 48.5 Å². The Labute approximate surface area is 173 Å². The second-order valence-corrected chi connectivity index (χ2v) is 8.24. The molecular weight excluding hydrogens is 395 g/mol. The molecule has 1 saturated carbocycles. The molecule has 2 aromatic carbocycles. The third-order valence-electron chi connectivity index (χ3n) is 6.19. The number of nitrogens with one attached hydrogen (secondary N) is 1. The average molecular weight is 419 g/mol. The number of benzene rings is 2. The van der Waals surface area contributed by atoms with Gasteiger partial charge in [-0.15, -0.1) is 0 Å². The van der Waals surface area contributed by atoms with E-state index in [-0.39, 0.29) is 38.3 Å². The lowest BCUT2D eigenvalue weighted by Crippen LogP contribution is -2.48. The fraction of sp³-hybridized carbons (Fsp3) is 0.435. The molecule has 0 spiro atoms. The van der Waals surface area contributed by atoms with Gasteiger partial charge >= 0.3 is 12.3 Å². The van der Waals surface area contributed by atoms with Gasteiger partial charge in [0.15, 0.2) is 0 Å². The highest BCUT2D eigenvalue weighted by molar-refractivity contribution is 5.79. The van der Waals surface area contributed by atoms with Gasteiger partial charge in [-0.2, -0.15) is 13.2 Å². The number of ether oxygens (including phenoxy) is 1. The lowest BCUT2D eigenvalue weighted by molar-refractivity contribution is -0.199. The minimum Gasteiger partial charge on any atom is -0.449 e. The van der Waals surface area contributed by atoms with E-state index in [2.05, 4.69) is 5.32 Å². The molecule has 2 aliphatic carbocycles. The topological polar surface area (TPSA) is 58.6 Å². The first-order valence-electron chi connectivity index (χ1n) is 10.1. The summed E-state index contributed by atoms with van der Waals surface area (Å²) in [6, 6.07) is 15.9. The third kappa shape index (κ3) is 4.17. The van der Waals surface area contributed by atoms with Crippen LogP contribution in [-0.4, -0.2) is 36.1 Å². The number of carbonyl (C=O) groups excluding carboxylic acids is 1. The second-order valence-electron chi connectivity index (χ2n) is 8.24. The van der Waals surface area contributed by atoms with Gasteiger partial charge in [0, 0.05) is 12.5 Å². The zero-order valence-corrected chi connectivity index (χ0v) is 16.4. The summed E-state index contributed by atoms with van der Waals surface area (Å²) in [6.45, 7) is -0.139. The summed E-state index contributed by atoms with van der Waals surface area (Å²) in [5.74, 6) is -1.64. The van der Waals surface area contributed by atoms with Crippen molar-refractivity contribution in [2.24, 2.45) is 5.92 Å². The number of hydrogen-bond acceptors (Lipinski definition) is 3. The van der Waals surface area contributed by atoms with Crippen LogP contribution in [-0.2, 0) is 4.74 Å². The molecule has 0 aromatic heterocycles. The van der Waals surface area contributed by atoms with Crippen LogP contribution in [0.5, 0.6) is 0 Å². The third-order valence-corrected chi connectivity index (χ3v) is 6.19. The van der Waals surface area contributed by atoms with Gasteiger partial charge in [-0.1, -0.05) is 48.5 Å². The van der Waals surface area contributed by atoms with E-state index in [1.165, 1.54) is 0 Å². The number of fused-ring (bicyclic) bond motifs is 3. The van der Waals surface area contributed by atoms with Crippen LogP contribution >= 0.6 is 0 Å². The van der Waals surface area contributed by atoms with Crippen molar-refractivity contribution in [1.82, 2.24) is 5.32 Å². The maximum atomic E-state index is 13.0. The Balaban J connectivity index is 1.36. The van der Waals surface area contributed by atoms with Crippen molar-refractivity contribution < 1.29 is 27.8 Å². The summed E-state index contributed by atoms with van der Waals surface area (Å²) in [5, 5.41) is 13.0. The van der Waals surface area contributed by atoms with Crippen molar-refractivity contribution in [3.8, 4) is 11.1 Å². The van der Waals surface area contributed by atoms with Gasteiger partial charge in [-0.3, -0.25) is 0 Å². The van der Waals surface area contributed by atoms with E-state index in [1.54, 1.807) is 0 Å². The molecule has 0 heterocycles. The molecule has 7 heteroatoms. The molecule has 0 radical (unpaired) electrons. The first kappa shape index (κ1) is 20.7. The monoisotopic (exact) mass is 419 g/mol. The first-order valence-corrected chi connectivity index (χ1v) is 10.1. The van der Waals surface area contributed by atoms with E-state index in [1.807, 2.05) is 48.5 Å². The standard InChI is InChI=1S/C23H24F3NO3/c24-23(25,26)15-6-5-11-22(29,12-15)14-27-21(28)30-13-20-18-9-3-1-7-16(18)17-8-2-4-10-19(17)20/h1-4,7-10,15,20,29H,5-6,11-14H2,(H,27,28). The van der Waals surface area contributed by atoms with Crippen molar-refractivity contribution in [3.63, 3.8) is 0 Å². The van der Waals surface area contributed by atoms with E-state index < -0.39 is 30.2 Å². The summed E-state index contributed by atoms with van der Waals surface area (Å²) in [4.78, 5) is 12.2. The van der Waals surface area contributed by atoms with Crippen LogP contribution in [0.2, 0.25) is 0 Å². The summed E-state index contributed by atoms with van der Waals surface area (Å²) in [7, 11) is 0. The Morgan fingerprint density at radius 3 is 2.30 bits per heavy atom. The maximum absolute atomic E-state index is 13.0. The fourth-order valence-corrected chi connectivity index (χ4v) is 4.67. The van der Waals surface area contributed by atoms with E-state index >= 15 is 0 Å². The molecule has 2 aliphatic rings. The van der Waals surface area contributed by atoms with E-state index in [0.717, 1.165) is 22.3 Å². The van der Waals surface area contributed by atoms with Crippen LogP contribution in [0.1, 0.15) is 42.7 Å². The highest BCUT2D eigenvalue weighted by atomic mass is 19.4. The molecule has 4 nitrogen and oxygen atoms in total.